The van der Waals surface area contributed by atoms with Gasteiger partial charge < -0.3 is 14.5 Å². The zero-order valence-corrected chi connectivity index (χ0v) is 9.77. The van der Waals surface area contributed by atoms with Crippen LogP contribution in [0.3, 0.4) is 0 Å². The van der Waals surface area contributed by atoms with Gasteiger partial charge >= 0.3 is 0 Å². The van der Waals surface area contributed by atoms with Crippen LogP contribution in [0.4, 0.5) is 5.95 Å². The number of rotatable bonds is 2. The number of anilines is 1. The molecular formula is C12H14N4O2. The molecule has 1 aliphatic heterocycles. The second kappa shape index (κ2) is 4.58. The highest BCUT2D eigenvalue weighted by atomic mass is 16.5. The monoisotopic (exact) mass is 246 g/mol. The van der Waals surface area contributed by atoms with Crippen LogP contribution in [0.5, 0.6) is 11.5 Å². The highest BCUT2D eigenvalue weighted by Crippen LogP contribution is 2.33. The number of aromatic nitrogens is 2. The topological polar surface area (TPSA) is 85.2 Å². The highest BCUT2D eigenvalue weighted by molar-refractivity contribution is 5.64. The third kappa shape index (κ3) is 1.98. The molecule has 6 heteroatoms. The summed E-state index contributed by atoms with van der Waals surface area (Å²) in [5, 5.41) is 0. The summed E-state index contributed by atoms with van der Waals surface area (Å²) < 4.78 is 11.2. The van der Waals surface area contributed by atoms with Crippen molar-refractivity contribution in [1.29, 1.82) is 0 Å². The number of H-pyrrole nitrogens is 1. The SMILES string of the molecule is NNc1ncc(-c2ccc3c(c2)OCCCO3)[nH]1. The Kier molecular flexibility index (Phi) is 2.77. The van der Waals surface area contributed by atoms with Crippen LogP contribution in [-0.2, 0) is 0 Å². The Morgan fingerprint density at radius 2 is 2.06 bits per heavy atom. The number of fused-ring (bicyclic) bond motifs is 1. The van der Waals surface area contributed by atoms with Crippen LogP contribution >= 0.6 is 0 Å². The molecule has 0 fully saturated rings. The Morgan fingerprint density at radius 1 is 1.22 bits per heavy atom. The molecule has 1 aromatic heterocycles. The summed E-state index contributed by atoms with van der Waals surface area (Å²) in [7, 11) is 0. The van der Waals surface area contributed by atoms with Crippen molar-refractivity contribution in [2.24, 2.45) is 5.84 Å². The molecule has 0 bridgehead atoms. The standard InChI is InChI=1S/C12H14N4O2/c13-16-12-14-7-9(15-12)8-2-3-10-11(6-8)18-5-1-4-17-10/h2-3,6-7H,1,4-5,13H2,(H2,14,15,16). The van der Waals surface area contributed by atoms with Gasteiger partial charge in [0, 0.05) is 12.0 Å². The molecule has 0 atom stereocenters. The zero-order valence-electron chi connectivity index (χ0n) is 9.77. The third-order valence-electron chi connectivity index (χ3n) is 2.77. The molecule has 1 aromatic carbocycles. The summed E-state index contributed by atoms with van der Waals surface area (Å²) in [5.41, 5.74) is 4.32. The molecule has 18 heavy (non-hydrogen) atoms. The Labute approximate surface area is 104 Å². The summed E-state index contributed by atoms with van der Waals surface area (Å²) in [6.45, 7) is 1.37. The van der Waals surface area contributed by atoms with Crippen LogP contribution < -0.4 is 20.7 Å². The van der Waals surface area contributed by atoms with Crippen molar-refractivity contribution < 1.29 is 9.47 Å². The van der Waals surface area contributed by atoms with E-state index in [1.54, 1.807) is 6.20 Å². The van der Waals surface area contributed by atoms with Crippen LogP contribution in [0, 0.1) is 0 Å². The summed E-state index contributed by atoms with van der Waals surface area (Å²) in [6.07, 6.45) is 2.61. The summed E-state index contributed by atoms with van der Waals surface area (Å²) >= 11 is 0. The normalized spacial score (nSPS) is 14.1. The van der Waals surface area contributed by atoms with Gasteiger partial charge in [-0.15, -0.1) is 0 Å². The smallest absolute Gasteiger partial charge is 0.215 e. The molecular weight excluding hydrogens is 232 g/mol. The molecule has 6 nitrogen and oxygen atoms in total. The number of ether oxygens (including phenoxy) is 2. The summed E-state index contributed by atoms with van der Waals surface area (Å²) in [4.78, 5) is 7.14. The molecule has 94 valence electrons. The predicted molar refractivity (Wildman–Crippen MR) is 67.4 cm³/mol. The average Bonchev–Trinajstić information content (AvgIpc) is 2.76. The summed E-state index contributed by atoms with van der Waals surface area (Å²) in [6, 6.07) is 5.81. The number of nitrogen functional groups attached to an aromatic ring is 1. The Balaban J connectivity index is 1.95. The lowest BCUT2D eigenvalue weighted by Crippen LogP contribution is -2.07. The van der Waals surface area contributed by atoms with E-state index in [0.29, 0.717) is 19.2 Å². The first kappa shape index (κ1) is 10.9. The van der Waals surface area contributed by atoms with E-state index in [-0.39, 0.29) is 0 Å². The first-order chi connectivity index (χ1) is 8.86. The number of hydrogen-bond acceptors (Lipinski definition) is 5. The van der Waals surface area contributed by atoms with Gasteiger partial charge in [-0.2, -0.15) is 0 Å². The van der Waals surface area contributed by atoms with Gasteiger partial charge in [0.1, 0.15) is 0 Å². The van der Waals surface area contributed by atoms with E-state index in [0.717, 1.165) is 29.2 Å². The van der Waals surface area contributed by atoms with Crippen molar-refractivity contribution in [3.05, 3.63) is 24.4 Å². The van der Waals surface area contributed by atoms with E-state index < -0.39 is 0 Å². The molecule has 0 unspecified atom stereocenters. The van der Waals surface area contributed by atoms with Crippen LogP contribution in [0.15, 0.2) is 24.4 Å². The molecule has 0 spiro atoms. The maximum absolute atomic E-state index is 5.64. The van der Waals surface area contributed by atoms with Gasteiger partial charge in [-0.25, -0.2) is 10.8 Å². The number of nitrogens with two attached hydrogens (primary N) is 1. The highest BCUT2D eigenvalue weighted by Gasteiger charge is 2.12. The molecule has 0 aliphatic carbocycles. The number of hydrogen-bond donors (Lipinski definition) is 3. The lowest BCUT2D eigenvalue weighted by atomic mass is 10.1. The molecule has 0 saturated carbocycles. The van der Waals surface area contributed by atoms with Crippen LogP contribution in [0.1, 0.15) is 6.42 Å². The number of imidazole rings is 1. The fourth-order valence-electron chi connectivity index (χ4n) is 1.87. The molecule has 0 saturated heterocycles. The summed E-state index contributed by atoms with van der Waals surface area (Å²) in [5.74, 6) is 7.36. The minimum atomic E-state index is 0.525. The van der Waals surface area contributed by atoms with Gasteiger partial charge in [0.25, 0.3) is 0 Å². The number of hydrazine groups is 1. The van der Waals surface area contributed by atoms with E-state index >= 15 is 0 Å². The van der Waals surface area contributed by atoms with Crippen LogP contribution in [0.2, 0.25) is 0 Å². The van der Waals surface area contributed by atoms with Crippen molar-refractivity contribution in [2.45, 2.75) is 6.42 Å². The first-order valence-corrected chi connectivity index (χ1v) is 5.78. The van der Waals surface area contributed by atoms with Crippen molar-refractivity contribution in [1.82, 2.24) is 9.97 Å². The van der Waals surface area contributed by atoms with Crippen molar-refractivity contribution in [2.75, 3.05) is 18.6 Å². The second-order valence-corrected chi connectivity index (χ2v) is 4.00. The third-order valence-corrected chi connectivity index (χ3v) is 2.77. The molecule has 4 N–H and O–H groups in total. The number of aromatic amines is 1. The van der Waals surface area contributed by atoms with Gasteiger partial charge in [0.15, 0.2) is 11.5 Å². The van der Waals surface area contributed by atoms with E-state index in [2.05, 4.69) is 15.4 Å². The molecule has 1 aliphatic rings. The number of nitrogens with zero attached hydrogens (tertiary/aromatic N) is 1. The zero-order chi connectivity index (χ0) is 12.4. The number of nitrogens with one attached hydrogen (secondary N) is 2. The average molecular weight is 246 g/mol. The minimum Gasteiger partial charge on any atom is -0.490 e. The van der Waals surface area contributed by atoms with Crippen LogP contribution in [-0.4, -0.2) is 23.2 Å². The first-order valence-electron chi connectivity index (χ1n) is 5.78. The predicted octanol–water partition coefficient (Wildman–Crippen LogP) is 1.52. The Morgan fingerprint density at radius 3 is 2.83 bits per heavy atom. The quantitative estimate of drug-likeness (QED) is 0.552. The largest absolute Gasteiger partial charge is 0.490 e. The van der Waals surface area contributed by atoms with Gasteiger partial charge in [-0.1, -0.05) is 0 Å². The molecule has 0 radical (unpaired) electrons. The molecule has 0 amide bonds. The van der Waals surface area contributed by atoms with Gasteiger partial charge in [-0.3, -0.25) is 5.43 Å². The van der Waals surface area contributed by atoms with Gasteiger partial charge in [0.2, 0.25) is 5.95 Å². The maximum Gasteiger partial charge on any atom is 0.215 e. The molecule has 2 heterocycles. The van der Waals surface area contributed by atoms with Gasteiger partial charge in [0.05, 0.1) is 25.1 Å². The van der Waals surface area contributed by atoms with Gasteiger partial charge in [-0.05, 0) is 18.2 Å². The van der Waals surface area contributed by atoms with Crippen molar-refractivity contribution in [3.8, 4) is 22.8 Å². The lowest BCUT2D eigenvalue weighted by molar-refractivity contribution is 0.297. The molecule has 3 rings (SSSR count). The Bertz CT molecular complexity index is 553. The fraction of sp³-hybridized carbons (Fsp3) is 0.250. The fourth-order valence-corrected chi connectivity index (χ4v) is 1.87. The van der Waals surface area contributed by atoms with E-state index in [9.17, 15) is 0 Å². The maximum atomic E-state index is 5.64. The second-order valence-electron chi connectivity index (χ2n) is 4.00. The van der Waals surface area contributed by atoms with Crippen molar-refractivity contribution in [3.63, 3.8) is 0 Å². The number of benzene rings is 1. The molecule has 2 aromatic rings. The Hall–Kier alpha value is -2.21. The lowest BCUT2D eigenvalue weighted by Gasteiger charge is -2.08. The van der Waals surface area contributed by atoms with E-state index in [4.69, 9.17) is 15.3 Å². The van der Waals surface area contributed by atoms with Crippen LogP contribution in [0.25, 0.3) is 11.3 Å². The van der Waals surface area contributed by atoms with Crippen molar-refractivity contribution >= 4 is 5.95 Å². The minimum absolute atomic E-state index is 0.525. The van der Waals surface area contributed by atoms with E-state index in [1.807, 2.05) is 18.2 Å². The van der Waals surface area contributed by atoms with E-state index in [1.165, 1.54) is 0 Å².